The molecule has 4 aromatic rings. The summed E-state index contributed by atoms with van der Waals surface area (Å²) < 4.78 is 127. The lowest BCUT2D eigenvalue weighted by atomic mass is 10.0. The second-order valence-electron chi connectivity index (χ2n) is 9.27. The van der Waals surface area contributed by atoms with E-state index in [0.717, 1.165) is 24.3 Å². The van der Waals surface area contributed by atoms with E-state index in [1.54, 1.807) is 6.07 Å². The lowest BCUT2D eigenvalue weighted by Crippen LogP contribution is -2.31. The molecule has 14 heteroatoms. The van der Waals surface area contributed by atoms with Gasteiger partial charge in [0.15, 0.2) is 0 Å². The first kappa shape index (κ1) is 32.9. The minimum absolute atomic E-state index is 0.0242. The van der Waals surface area contributed by atoms with Gasteiger partial charge in [0.2, 0.25) is 0 Å². The predicted octanol–water partition coefficient (Wildman–Crippen LogP) is 9.75. The van der Waals surface area contributed by atoms with Crippen molar-refractivity contribution < 1.29 is 54.1 Å². The minimum atomic E-state index is -4.93. The van der Waals surface area contributed by atoms with Gasteiger partial charge in [-0.25, -0.2) is 0 Å². The number of rotatable bonds is 10. The van der Waals surface area contributed by atoms with Crippen LogP contribution >= 0.6 is 11.8 Å². The highest BCUT2D eigenvalue weighted by atomic mass is 32.2. The van der Waals surface area contributed by atoms with E-state index in [4.69, 9.17) is 4.74 Å². The SMILES string of the molecule is OCC(c1cccc(C(F)(F)F)c1)N(Cc1cccc(SC(F)(F)F)c1)c1cccc(Oc2cccc(OC(F)(F)F)c2)c1. The second kappa shape index (κ2) is 13.3. The van der Waals surface area contributed by atoms with Gasteiger partial charge in [0, 0.05) is 29.3 Å². The van der Waals surface area contributed by atoms with Gasteiger partial charge in [-0.2, -0.15) is 26.3 Å². The number of alkyl halides is 9. The molecule has 0 saturated carbocycles. The van der Waals surface area contributed by atoms with Gasteiger partial charge in [-0.3, -0.25) is 0 Å². The number of thioether (sulfide) groups is 1. The molecule has 234 valence electrons. The molecule has 0 radical (unpaired) electrons. The average Bonchev–Trinajstić information content (AvgIpc) is 2.91. The highest BCUT2D eigenvalue weighted by Crippen LogP contribution is 2.39. The van der Waals surface area contributed by atoms with Crippen molar-refractivity contribution in [3.8, 4) is 17.2 Å². The van der Waals surface area contributed by atoms with Gasteiger partial charge < -0.3 is 19.5 Å². The molecule has 1 N–H and O–H groups in total. The molecule has 44 heavy (non-hydrogen) atoms. The Kier molecular flexibility index (Phi) is 9.94. The molecule has 0 amide bonds. The van der Waals surface area contributed by atoms with Crippen molar-refractivity contribution in [2.24, 2.45) is 0 Å². The van der Waals surface area contributed by atoms with Crippen LogP contribution in [0.25, 0.3) is 0 Å². The van der Waals surface area contributed by atoms with E-state index in [9.17, 15) is 44.6 Å². The fourth-order valence-corrected chi connectivity index (χ4v) is 4.95. The van der Waals surface area contributed by atoms with E-state index in [-0.39, 0.29) is 46.0 Å². The number of hydrogen-bond acceptors (Lipinski definition) is 5. The summed E-state index contributed by atoms with van der Waals surface area (Å²) in [5, 5.41) is 10.4. The summed E-state index contributed by atoms with van der Waals surface area (Å²) in [6, 6.07) is 19.3. The summed E-state index contributed by atoms with van der Waals surface area (Å²) in [5.74, 6) is -0.447. The Labute approximate surface area is 249 Å². The zero-order valence-corrected chi connectivity index (χ0v) is 23.1. The number of halogens is 9. The minimum Gasteiger partial charge on any atom is -0.457 e. The third kappa shape index (κ3) is 9.48. The van der Waals surface area contributed by atoms with Crippen molar-refractivity contribution in [3.05, 3.63) is 114 Å². The number of ether oxygens (including phenoxy) is 2. The van der Waals surface area contributed by atoms with Crippen molar-refractivity contribution >= 4 is 17.4 Å². The molecule has 0 aliphatic rings. The average molecular weight is 648 g/mol. The Morgan fingerprint density at radius 2 is 1.34 bits per heavy atom. The molecular formula is C30H22F9NO3S. The summed E-state index contributed by atoms with van der Waals surface area (Å²) in [7, 11) is 0. The van der Waals surface area contributed by atoms with Crippen LogP contribution in [-0.2, 0) is 12.7 Å². The van der Waals surface area contributed by atoms with E-state index in [2.05, 4.69) is 4.74 Å². The first-order valence-electron chi connectivity index (χ1n) is 12.6. The normalized spacial score (nSPS) is 13.0. The summed E-state index contributed by atoms with van der Waals surface area (Å²) >= 11 is -0.332. The second-order valence-corrected chi connectivity index (χ2v) is 10.4. The van der Waals surface area contributed by atoms with Crippen molar-refractivity contribution in [2.75, 3.05) is 11.5 Å². The maximum Gasteiger partial charge on any atom is 0.573 e. The van der Waals surface area contributed by atoms with Gasteiger partial charge in [-0.15, -0.1) is 13.2 Å². The van der Waals surface area contributed by atoms with Crippen LogP contribution < -0.4 is 14.4 Å². The monoisotopic (exact) mass is 647 g/mol. The molecule has 4 nitrogen and oxygen atoms in total. The van der Waals surface area contributed by atoms with Crippen LogP contribution in [-0.4, -0.2) is 23.6 Å². The molecule has 0 aliphatic carbocycles. The highest BCUT2D eigenvalue weighted by Gasteiger charge is 2.33. The molecular weight excluding hydrogens is 625 g/mol. The first-order valence-corrected chi connectivity index (χ1v) is 13.4. The molecule has 4 aromatic carbocycles. The van der Waals surface area contributed by atoms with E-state index in [1.165, 1.54) is 71.6 Å². The molecule has 4 rings (SSSR count). The third-order valence-corrected chi connectivity index (χ3v) is 6.78. The maximum absolute atomic E-state index is 13.5. The first-order chi connectivity index (χ1) is 20.6. The van der Waals surface area contributed by atoms with E-state index in [0.29, 0.717) is 5.56 Å². The van der Waals surface area contributed by atoms with Crippen LogP contribution in [0.2, 0.25) is 0 Å². The fraction of sp³-hybridized carbons (Fsp3) is 0.200. The quantitative estimate of drug-likeness (QED) is 0.137. The number of benzene rings is 4. The molecule has 0 aliphatic heterocycles. The van der Waals surface area contributed by atoms with Gasteiger partial charge in [0.1, 0.15) is 17.2 Å². The molecule has 0 heterocycles. The molecule has 1 unspecified atom stereocenters. The predicted molar refractivity (Wildman–Crippen MR) is 145 cm³/mol. The summed E-state index contributed by atoms with van der Waals surface area (Å²) in [4.78, 5) is 1.37. The zero-order valence-electron chi connectivity index (χ0n) is 22.3. The topological polar surface area (TPSA) is 41.9 Å². The molecule has 1 atom stereocenters. The van der Waals surface area contributed by atoms with Crippen molar-refractivity contribution in [3.63, 3.8) is 0 Å². The Morgan fingerprint density at radius 3 is 2.00 bits per heavy atom. The molecule has 0 fully saturated rings. The van der Waals surface area contributed by atoms with E-state index in [1.807, 2.05) is 0 Å². The molecule has 0 bridgehead atoms. The fourth-order valence-electron chi connectivity index (χ4n) is 4.32. The maximum atomic E-state index is 13.5. The summed E-state index contributed by atoms with van der Waals surface area (Å²) in [6.45, 7) is -0.827. The molecule has 0 aromatic heterocycles. The van der Waals surface area contributed by atoms with Crippen LogP contribution in [0.15, 0.2) is 102 Å². The van der Waals surface area contributed by atoms with Gasteiger partial charge in [0.05, 0.1) is 18.2 Å². The van der Waals surface area contributed by atoms with E-state index >= 15 is 0 Å². The lowest BCUT2D eigenvalue weighted by molar-refractivity contribution is -0.274. The Balaban J connectivity index is 1.72. The number of nitrogens with zero attached hydrogens (tertiary/aromatic N) is 1. The number of anilines is 1. The Hall–Kier alpha value is -4.04. The number of hydrogen-bond donors (Lipinski definition) is 1. The van der Waals surface area contributed by atoms with Crippen molar-refractivity contribution in [1.29, 1.82) is 0 Å². The summed E-state index contributed by atoms with van der Waals surface area (Å²) in [5.41, 5.74) is -4.80. The molecule has 0 saturated heterocycles. The van der Waals surface area contributed by atoms with Gasteiger partial charge in [-0.05, 0) is 71.4 Å². The van der Waals surface area contributed by atoms with Crippen molar-refractivity contribution in [1.82, 2.24) is 0 Å². The Morgan fingerprint density at radius 1 is 0.705 bits per heavy atom. The smallest absolute Gasteiger partial charge is 0.457 e. The molecule has 0 spiro atoms. The Bertz CT molecular complexity index is 1560. The van der Waals surface area contributed by atoms with Crippen molar-refractivity contribution in [2.45, 2.75) is 35.5 Å². The largest absolute Gasteiger partial charge is 0.573 e. The summed E-state index contributed by atoms with van der Waals surface area (Å²) in [6.07, 6.45) is -9.61. The standard InChI is InChI=1S/C30H22F9NO3S/c31-28(32,33)21-7-2-6-20(14-21)27(18-41)40(17-19-5-1-12-26(13-19)44-30(37,38)39)22-8-3-9-23(15-22)42-24-10-4-11-25(16-24)43-29(34,35)36/h1-16,27,41H,17-18H2. The van der Waals surface area contributed by atoms with Crippen LogP contribution in [0, 0.1) is 0 Å². The zero-order chi connectivity index (χ0) is 32.1. The number of aliphatic hydroxyl groups is 1. The van der Waals surface area contributed by atoms with Gasteiger partial charge in [-0.1, -0.05) is 36.4 Å². The van der Waals surface area contributed by atoms with Crippen LogP contribution in [0.3, 0.4) is 0 Å². The lowest BCUT2D eigenvalue weighted by Gasteiger charge is -2.34. The van der Waals surface area contributed by atoms with Crippen LogP contribution in [0.4, 0.5) is 45.2 Å². The number of aliphatic hydroxyl groups excluding tert-OH is 1. The van der Waals surface area contributed by atoms with Crippen LogP contribution in [0.5, 0.6) is 17.2 Å². The van der Waals surface area contributed by atoms with Crippen LogP contribution in [0.1, 0.15) is 22.7 Å². The van der Waals surface area contributed by atoms with Gasteiger partial charge >= 0.3 is 18.0 Å². The van der Waals surface area contributed by atoms with E-state index < -0.39 is 42.0 Å². The third-order valence-electron chi connectivity index (χ3n) is 6.06. The highest BCUT2D eigenvalue weighted by molar-refractivity contribution is 8.00. The van der Waals surface area contributed by atoms with Gasteiger partial charge in [0.25, 0.3) is 0 Å².